The predicted molar refractivity (Wildman–Crippen MR) is 135 cm³/mol. The maximum absolute atomic E-state index is 12.2. The van der Waals surface area contributed by atoms with Crippen molar-refractivity contribution in [1.82, 2.24) is 0 Å². The topological polar surface area (TPSA) is 52.6 Å². The van der Waals surface area contributed by atoms with Crippen molar-refractivity contribution in [2.75, 3.05) is 13.2 Å². The normalized spacial score (nSPS) is 12.0. The summed E-state index contributed by atoms with van der Waals surface area (Å²) in [6.45, 7) is 7.68. The zero-order chi connectivity index (χ0) is 23.7. The number of carbonyl (C=O) groups is 2. The number of rotatable bonds is 24. The molecule has 4 heteroatoms. The Morgan fingerprint density at radius 1 is 0.562 bits per heavy atom. The molecule has 0 aliphatic heterocycles. The van der Waals surface area contributed by atoms with Crippen LogP contribution in [-0.4, -0.2) is 25.2 Å². The monoisotopic (exact) mass is 454 g/mol. The summed E-state index contributed by atoms with van der Waals surface area (Å²) in [5.41, 5.74) is 0. The second-order valence-electron chi connectivity index (χ2n) is 9.34. The second-order valence-corrected chi connectivity index (χ2v) is 9.34. The molecule has 0 amide bonds. The van der Waals surface area contributed by atoms with Gasteiger partial charge in [-0.05, 0) is 32.1 Å². The summed E-state index contributed by atoms with van der Waals surface area (Å²) < 4.78 is 10.8. The average molecular weight is 455 g/mol. The molecule has 0 saturated heterocycles. The Kier molecular flexibility index (Phi) is 23.8. The molecule has 0 aromatic rings. The van der Waals surface area contributed by atoms with E-state index in [4.69, 9.17) is 9.47 Å². The molecule has 0 rings (SSSR count). The molecule has 0 aromatic heterocycles. The van der Waals surface area contributed by atoms with Gasteiger partial charge >= 0.3 is 11.9 Å². The highest BCUT2D eigenvalue weighted by Gasteiger charge is 2.17. The first-order chi connectivity index (χ1) is 15.7. The lowest BCUT2D eigenvalue weighted by Crippen LogP contribution is -2.17. The molecule has 0 aromatic carbocycles. The van der Waals surface area contributed by atoms with Crippen LogP contribution in [0.2, 0.25) is 0 Å². The highest BCUT2D eigenvalue weighted by atomic mass is 16.5. The highest BCUT2D eigenvalue weighted by Crippen LogP contribution is 2.17. The summed E-state index contributed by atoms with van der Waals surface area (Å²) >= 11 is 0. The third kappa shape index (κ3) is 20.8. The third-order valence-corrected chi connectivity index (χ3v) is 6.26. The third-order valence-electron chi connectivity index (χ3n) is 6.26. The van der Waals surface area contributed by atoms with Crippen LogP contribution < -0.4 is 0 Å². The van der Waals surface area contributed by atoms with Gasteiger partial charge in [0.25, 0.3) is 0 Å². The molecule has 0 N–H and O–H groups in total. The standard InChI is InChI=1S/C28H54O4/c1-4-7-9-16-20-24-31-27(29)23-19-15-13-11-12-14-18-22-26(6-3)28(30)32-25-21-17-10-8-5-2/h26H,4-25H2,1-3H3. The fourth-order valence-electron chi connectivity index (χ4n) is 3.99. The molecule has 0 spiro atoms. The van der Waals surface area contributed by atoms with Gasteiger partial charge in [-0.2, -0.15) is 0 Å². The van der Waals surface area contributed by atoms with Gasteiger partial charge in [-0.25, -0.2) is 0 Å². The van der Waals surface area contributed by atoms with Gasteiger partial charge in [0, 0.05) is 6.42 Å². The minimum Gasteiger partial charge on any atom is -0.466 e. The first-order valence-corrected chi connectivity index (χ1v) is 14.0. The smallest absolute Gasteiger partial charge is 0.308 e. The maximum atomic E-state index is 12.2. The fourth-order valence-corrected chi connectivity index (χ4v) is 3.99. The lowest BCUT2D eigenvalue weighted by molar-refractivity contribution is -0.149. The van der Waals surface area contributed by atoms with Crippen LogP contribution in [0.3, 0.4) is 0 Å². The van der Waals surface area contributed by atoms with Gasteiger partial charge in [0.2, 0.25) is 0 Å². The Bertz CT molecular complexity index is 422. The van der Waals surface area contributed by atoms with Crippen LogP contribution in [0, 0.1) is 5.92 Å². The number of ether oxygens (including phenoxy) is 2. The minimum absolute atomic E-state index is 0.0100. The molecule has 0 bridgehead atoms. The maximum Gasteiger partial charge on any atom is 0.308 e. The summed E-state index contributed by atoms with van der Waals surface area (Å²) in [6, 6.07) is 0. The largest absolute Gasteiger partial charge is 0.466 e. The fraction of sp³-hybridized carbons (Fsp3) is 0.929. The zero-order valence-corrected chi connectivity index (χ0v) is 21.8. The van der Waals surface area contributed by atoms with E-state index in [9.17, 15) is 9.59 Å². The molecular formula is C28H54O4. The van der Waals surface area contributed by atoms with Crippen LogP contribution in [0.15, 0.2) is 0 Å². The summed E-state index contributed by atoms with van der Waals surface area (Å²) in [5, 5.41) is 0. The zero-order valence-electron chi connectivity index (χ0n) is 21.8. The van der Waals surface area contributed by atoms with Crippen molar-refractivity contribution in [1.29, 1.82) is 0 Å². The van der Waals surface area contributed by atoms with E-state index in [1.165, 1.54) is 70.6 Å². The predicted octanol–water partition coefficient (Wildman–Crippen LogP) is 8.55. The first kappa shape index (κ1) is 30.9. The molecule has 0 saturated carbocycles. The van der Waals surface area contributed by atoms with Crippen molar-refractivity contribution in [2.45, 2.75) is 149 Å². The van der Waals surface area contributed by atoms with E-state index in [1.54, 1.807) is 0 Å². The SMILES string of the molecule is CCCCCCCOC(=O)CCCCCCCCCC(CC)C(=O)OCCCCCCC. The van der Waals surface area contributed by atoms with Crippen molar-refractivity contribution in [3.05, 3.63) is 0 Å². The van der Waals surface area contributed by atoms with Crippen LogP contribution in [0.4, 0.5) is 0 Å². The molecule has 0 radical (unpaired) electrons. The summed E-state index contributed by atoms with van der Waals surface area (Å²) in [5.74, 6) is 0.0538. The quantitative estimate of drug-likeness (QED) is 0.108. The Labute approximate surface area is 199 Å². The lowest BCUT2D eigenvalue weighted by Gasteiger charge is -2.14. The van der Waals surface area contributed by atoms with Gasteiger partial charge < -0.3 is 9.47 Å². The number of unbranched alkanes of at least 4 members (excludes halogenated alkanes) is 14. The summed E-state index contributed by atoms with van der Waals surface area (Å²) in [7, 11) is 0. The number of hydrogen-bond donors (Lipinski definition) is 0. The summed E-state index contributed by atoms with van der Waals surface area (Å²) in [4.78, 5) is 23.9. The Hall–Kier alpha value is -1.06. The molecule has 32 heavy (non-hydrogen) atoms. The van der Waals surface area contributed by atoms with Gasteiger partial charge in [-0.1, -0.05) is 111 Å². The molecule has 190 valence electrons. The van der Waals surface area contributed by atoms with Gasteiger partial charge in [0.1, 0.15) is 0 Å². The van der Waals surface area contributed by atoms with Gasteiger partial charge in [-0.15, -0.1) is 0 Å². The van der Waals surface area contributed by atoms with E-state index in [1.807, 2.05) is 0 Å². The van der Waals surface area contributed by atoms with E-state index >= 15 is 0 Å². The Morgan fingerprint density at radius 2 is 1.03 bits per heavy atom. The van der Waals surface area contributed by atoms with E-state index < -0.39 is 0 Å². The van der Waals surface area contributed by atoms with Crippen molar-refractivity contribution < 1.29 is 19.1 Å². The van der Waals surface area contributed by atoms with Gasteiger partial charge in [-0.3, -0.25) is 9.59 Å². The highest BCUT2D eigenvalue weighted by molar-refractivity contribution is 5.72. The van der Waals surface area contributed by atoms with Crippen LogP contribution in [-0.2, 0) is 19.1 Å². The van der Waals surface area contributed by atoms with E-state index in [2.05, 4.69) is 20.8 Å². The van der Waals surface area contributed by atoms with Crippen LogP contribution in [0.25, 0.3) is 0 Å². The molecule has 0 aliphatic rings. The van der Waals surface area contributed by atoms with Crippen LogP contribution in [0.5, 0.6) is 0 Å². The lowest BCUT2D eigenvalue weighted by atomic mass is 9.98. The number of esters is 2. The molecule has 0 fully saturated rings. The van der Waals surface area contributed by atoms with Crippen molar-refractivity contribution in [3.8, 4) is 0 Å². The molecule has 4 nitrogen and oxygen atoms in total. The Balaban J connectivity index is 3.49. The van der Waals surface area contributed by atoms with Gasteiger partial charge in [0.05, 0.1) is 19.1 Å². The van der Waals surface area contributed by atoms with Crippen molar-refractivity contribution in [3.63, 3.8) is 0 Å². The average Bonchev–Trinajstić information content (AvgIpc) is 2.79. The van der Waals surface area contributed by atoms with Gasteiger partial charge in [0.15, 0.2) is 0 Å². The molecule has 0 heterocycles. The van der Waals surface area contributed by atoms with Crippen LogP contribution >= 0.6 is 0 Å². The minimum atomic E-state index is -0.0288. The first-order valence-electron chi connectivity index (χ1n) is 14.0. The molecule has 0 aliphatic carbocycles. The van der Waals surface area contributed by atoms with E-state index in [0.29, 0.717) is 19.6 Å². The molecule has 1 atom stereocenters. The van der Waals surface area contributed by atoms with E-state index in [-0.39, 0.29) is 17.9 Å². The van der Waals surface area contributed by atoms with Crippen molar-refractivity contribution >= 4 is 11.9 Å². The molecule has 1 unspecified atom stereocenters. The second kappa shape index (κ2) is 24.6. The number of carbonyl (C=O) groups excluding carboxylic acids is 2. The number of hydrogen-bond acceptors (Lipinski definition) is 4. The van der Waals surface area contributed by atoms with E-state index in [0.717, 1.165) is 51.4 Å². The Morgan fingerprint density at radius 3 is 1.59 bits per heavy atom. The van der Waals surface area contributed by atoms with Crippen LogP contribution in [0.1, 0.15) is 149 Å². The molecular weight excluding hydrogens is 400 g/mol. The summed E-state index contributed by atoms with van der Waals surface area (Å²) in [6.07, 6.45) is 22.2. The van der Waals surface area contributed by atoms with Crippen molar-refractivity contribution in [2.24, 2.45) is 5.92 Å².